The van der Waals surface area contributed by atoms with E-state index in [-0.39, 0.29) is 24.4 Å². The van der Waals surface area contributed by atoms with Crippen molar-refractivity contribution in [2.75, 3.05) is 32.2 Å². The van der Waals surface area contributed by atoms with Gasteiger partial charge in [0, 0.05) is 20.6 Å². The van der Waals surface area contributed by atoms with Gasteiger partial charge in [0.25, 0.3) is 0 Å². The number of amides is 2. The fraction of sp³-hybridized carbons (Fsp3) is 0.350. The van der Waals surface area contributed by atoms with Crippen LogP contribution < -0.4 is 25.0 Å². The van der Waals surface area contributed by atoms with Gasteiger partial charge in [0.1, 0.15) is 19.0 Å². The molecule has 0 spiro atoms. The summed E-state index contributed by atoms with van der Waals surface area (Å²) in [6.45, 7) is 3.18. The molecule has 7 heteroatoms. The lowest BCUT2D eigenvalue weighted by Crippen LogP contribution is -2.36. The lowest BCUT2D eigenvalue weighted by molar-refractivity contribution is 0.171. The summed E-state index contributed by atoms with van der Waals surface area (Å²) in [5.74, 6) is 1.08. The Balaban J connectivity index is 1.55. The highest BCUT2D eigenvalue weighted by atomic mass is 19.1. The van der Waals surface area contributed by atoms with E-state index in [4.69, 9.17) is 9.47 Å². The first-order valence-corrected chi connectivity index (χ1v) is 8.83. The number of rotatable bonds is 5. The van der Waals surface area contributed by atoms with Gasteiger partial charge in [0.15, 0.2) is 11.5 Å². The zero-order valence-electron chi connectivity index (χ0n) is 15.7. The molecule has 0 bridgehead atoms. The monoisotopic (exact) mass is 373 g/mol. The van der Waals surface area contributed by atoms with Crippen LogP contribution in [0.1, 0.15) is 24.1 Å². The number of ether oxygens (including phenoxy) is 2. The van der Waals surface area contributed by atoms with Crippen LogP contribution in [-0.4, -0.2) is 33.3 Å². The van der Waals surface area contributed by atoms with E-state index in [0.29, 0.717) is 36.0 Å². The summed E-state index contributed by atoms with van der Waals surface area (Å²) in [5, 5.41) is 5.62. The predicted octanol–water partition coefficient (Wildman–Crippen LogP) is 3.22. The first-order chi connectivity index (χ1) is 12.9. The number of anilines is 1. The van der Waals surface area contributed by atoms with Crippen LogP contribution in [0.5, 0.6) is 11.5 Å². The molecule has 27 heavy (non-hydrogen) atoms. The van der Waals surface area contributed by atoms with Crippen molar-refractivity contribution in [2.24, 2.45) is 0 Å². The molecule has 3 rings (SSSR count). The summed E-state index contributed by atoms with van der Waals surface area (Å²) < 4.78 is 25.1. The normalized spacial score (nSPS) is 13.6. The van der Waals surface area contributed by atoms with Gasteiger partial charge in [-0.15, -0.1) is 0 Å². The summed E-state index contributed by atoms with van der Waals surface area (Å²) in [6.07, 6.45) is 0. The van der Waals surface area contributed by atoms with Crippen molar-refractivity contribution in [3.8, 4) is 11.5 Å². The number of urea groups is 1. The minimum absolute atomic E-state index is 0.214. The zero-order valence-corrected chi connectivity index (χ0v) is 15.7. The molecule has 1 aliphatic rings. The van der Waals surface area contributed by atoms with Gasteiger partial charge in [-0.2, -0.15) is 0 Å². The number of hydrogen-bond donors (Lipinski definition) is 2. The Morgan fingerprint density at radius 2 is 1.89 bits per heavy atom. The van der Waals surface area contributed by atoms with Crippen LogP contribution in [0.15, 0.2) is 36.4 Å². The van der Waals surface area contributed by atoms with Crippen molar-refractivity contribution in [3.05, 3.63) is 53.3 Å². The molecule has 1 aliphatic heterocycles. The van der Waals surface area contributed by atoms with E-state index in [1.807, 2.05) is 25.1 Å². The molecule has 0 saturated carbocycles. The van der Waals surface area contributed by atoms with E-state index in [0.717, 1.165) is 5.56 Å². The molecule has 1 atom stereocenters. The number of carbonyl (C=O) groups is 1. The first kappa shape index (κ1) is 18.8. The van der Waals surface area contributed by atoms with E-state index in [1.54, 1.807) is 31.1 Å². The maximum Gasteiger partial charge on any atom is 0.315 e. The number of nitrogens with zero attached hydrogens (tertiary/aromatic N) is 1. The van der Waals surface area contributed by atoms with Gasteiger partial charge in [-0.1, -0.05) is 12.1 Å². The highest BCUT2D eigenvalue weighted by molar-refractivity contribution is 5.74. The maximum absolute atomic E-state index is 14.0. The van der Waals surface area contributed by atoms with Crippen molar-refractivity contribution in [1.29, 1.82) is 0 Å². The SMILES string of the molecule is CC(NC(=O)NCc1ccc(N(C)C)c(F)c1)c1ccc2c(c1)OCCO2. The van der Waals surface area contributed by atoms with Gasteiger partial charge >= 0.3 is 6.03 Å². The number of halogens is 1. The van der Waals surface area contributed by atoms with Gasteiger partial charge in [-0.05, 0) is 42.3 Å². The number of benzene rings is 2. The van der Waals surface area contributed by atoms with E-state index in [1.165, 1.54) is 6.07 Å². The quantitative estimate of drug-likeness (QED) is 0.845. The standard InChI is InChI=1S/C20H24FN3O3/c1-13(15-5-7-18-19(11-15)27-9-8-26-18)23-20(25)22-12-14-4-6-17(24(2)3)16(21)10-14/h4-7,10-11,13H,8-9,12H2,1-3H3,(H2,22,23,25). The molecule has 2 N–H and O–H groups in total. The lowest BCUT2D eigenvalue weighted by Gasteiger charge is -2.21. The Bertz CT molecular complexity index is 826. The largest absolute Gasteiger partial charge is 0.486 e. The number of hydrogen-bond acceptors (Lipinski definition) is 4. The van der Waals surface area contributed by atoms with Crippen molar-refractivity contribution in [2.45, 2.75) is 19.5 Å². The van der Waals surface area contributed by atoms with Crippen LogP contribution >= 0.6 is 0 Å². The van der Waals surface area contributed by atoms with Crippen molar-refractivity contribution in [3.63, 3.8) is 0 Å². The lowest BCUT2D eigenvalue weighted by atomic mass is 10.1. The van der Waals surface area contributed by atoms with Gasteiger partial charge < -0.3 is 25.0 Å². The molecular weight excluding hydrogens is 349 g/mol. The van der Waals surface area contributed by atoms with E-state index < -0.39 is 0 Å². The minimum atomic E-state index is -0.325. The van der Waals surface area contributed by atoms with Crippen molar-refractivity contribution < 1.29 is 18.7 Å². The highest BCUT2D eigenvalue weighted by Gasteiger charge is 2.16. The van der Waals surface area contributed by atoms with E-state index in [2.05, 4.69) is 10.6 Å². The maximum atomic E-state index is 14.0. The van der Waals surface area contributed by atoms with E-state index in [9.17, 15) is 9.18 Å². The van der Waals surface area contributed by atoms with Gasteiger partial charge in [0.2, 0.25) is 0 Å². The summed E-state index contributed by atoms with van der Waals surface area (Å²) in [6, 6.07) is 9.99. The summed E-state index contributed by atoms with van der Waals surface area (Å²) in [4.78, 5) is 13.9. The fourth-order valence-corrected chi connectivity index (χ4v) is 2.87. The molecule has 1 heterocycles. The predicted molar refractivity (Wildman–Crippen MR) is 102 cm³/mol. The number of fused-ring (bicyclic) bond motifs is 1. The molecular formula is C20H24FN3O3. The molecule has 1 unspecified atom stereocenters. The second-order valence-electron chi connectivity index (χ2n) is 6.63. The Labute approximate surface area is 158 Å². The van der Waals surface area contributed by atoms with Crippen LogP contribution in [0.2, 0.25) is 0 Å². The van der Waals surface area contributed by atoms with Crippen LogP contribution in [0.25, 0.3) is 0 Å². The van der Waals surface area contributed by atoms with Gasteiger partial charge in [-0.25, -0.2) is 9.18 Å². The van der Waals surface area contributed by atoms with Crippen molar-refractivity contribution in [1.82, 2.24) is 10.6 Å². The van der Waals surface area contributed by atoms with Crippen LogP contribution in [0, 0.1) is 5.82 Å². The highest BCUT2D eigenvalue weighted by Crippen LogP contribution is 2.32. The Hall–Kier alpha value is -2.96. The van der Waals surface area contributed by atoms with Crippen molar-refractivity contribution >= 4 is 11.7 Å². The van der Waals surface area contributed by atoms with Gasteiger partial charge in [0.05, 0.1) is 11.7 Å². The van der Waals surface area contributed by atoms with Crippen LogP contribution in [0.4, 0.5) is 14.9 Å². The molecule has 0 saturated heterocycles. The smallest absolute Gasteiger partial charge is 0.315 e. The van der Waals surface area contributed by atoms with Crippen LogP contribution in [-0.2, 0) is 6.54 Å². The minimum Gasteiger partial charge on any atom is -0.486 e. The molecule has 2 aromatic carbocycles. The Morgan fingerprint density at radius 3 is 2.59 bits per heavy atom. The third-order valence-electron chi connectivity index (χ3n) is 4.36. The molecule has 144 valence electrons. The zero-order chi connectivity index (χ0) is 19.4. The topological polar surface area (TPSA) is 62.8 Å². The Morgan fingerprint density at radius 1 is 1.15 bits per heavy atom. The average Bonchev–Trinajstić information content (AvgIpc) is 2.65. The number of carbonyl (C=O) groups excluding carboxylic acids is 1. The molecule has 0 fully saturated rings. The number of nitrogens with one attached hydrogen (secondary N) is 2. The Kier molecular flexibility index (Phi) is 5.69. The fourth-order valence-electron chi connectivity index (χ4n) is 2.87. The molecule has 0 radical (unpaired) electrons. The molecule has 0 aromatic heterocycles. The summed E-state index contributed by atoms with van der Waals surface area (Å²) >= 11 is 0. The molecule has 2 amide bonds. The third-order valence-corrected chi connectivity index (χ3v) is 4.36. The first-order valence-electron chi connectivity index (χ1n) is 8.83. The third kappa shape index (κ3) is 4.61. The molecule has 0 aliphatic carbocycles. The summed E-state index contributed by atoms with van der Waals surface area (Å²) in [7, 11) is 3.56. The molecule has 2 aromatic rings. The summed E-state index contributed by atoms with van der Waals surface area (Å²) in [5.41, 5.74) is 2.12. The average molecular weight is 373 g/mol. The second-order valence-corrected chi connectivity index (χ2v) is 6.63. The van der Waals surface area contributed by atoms with Gasteiger partial charge in [-0.3, -0.25) is 0 Å². The second kappa shape index (κ2) is 8.16. The van der Waals surface area contributed by atoms with E-state index >= 15 is 0 Å². The molecule has 6 nitrogen and oxygen atoms in total. The van der Waals surface area contributed by atoms with Crippen LogP contribution in [0.3, 0.4) is 0 Å².